The number of hydrogen-bond acceptors (Lipinski definition) is 2. The molecule has 2 aromatic heterocycles. The van der Waals surface area contributed by atoms with Crippen LogP contribution in [0.4, 0.5) is 17.1 Å². The molecular formula is C47H36N2S. The van der Waals surface area contributed by atoms with E-state index in [0.717, 1.165) is 0 Å². The fourth-order valence-corrected chi connectivity index (χ4v) is 9.74. The summed E-state index contributed by atoms with van der Waals surface area (Å²) >= 11 is 1.89. The van der Waals surface area contributed by atoms with E-state index in [4.69, 9.17) is 0 Å². The lowest BCUT2D eigenvalue weighted by molar-refractivity contribution is 0.632. The summed E-state index contributed by atoms with van der Waals surface area (Å²) in [6, 6.07) is 54.1. The molecule has 0 atom stereocenters. The highest BCUT2D eigenvalue weighted by Crippen LogP contribution is 2.55. The molecule has 0 aliphatic carbocycles. The molecule has 0 spiro atoms. The minimum atomic E-state index is -0.228. The maximum absolute atomic E-state index is 2.52. The molecule has 2 nitrogen and oxygen atoms in total. The quantitative estimate of drug-likeness (QED) is 0.183. The Hall–Kier alpha value is -5.64. The van der Waals surface area contributed by atoms with Gasteiger partial charge in [-0.1, -0.05) is 111 Å². The molecule has 3 heterocycles. The van der Waals surface area contributed by atoms with Crippen LogP contribution >= 0.6 is 11.3 Å². The van der Waals surface area contributed by atoms with E-state index < -0.39 is 0 Å². The number of fused-ring (bicyclic) bond motifs is 8. The van der Waals surface area contributed by atoms with E-state index >= 15 is 0 Å². The van der Waals surface area contributed by atoms with Crippen LogP contribution in [0.2, 0.25) is 0 Å². The van der Waals surface area contributed by atoms with Gasteiger partial charge in [0.25, 0.3) is 0 Å². The maximum atomic E-state index is 2.52. The van der Waals surface area contributed by atoms with E-state index in [1.165, 1.54) is 98.1 Å². The Bertz CT molecular complexity index is 2820. The SMILES string of the molecule is Cc1ccccc1-c1cc2c(cc1C)C(C)(C)c1cc3c4ccccc4n(-c4cccc5c4sc4ccccc45)c3cc1N2c1ccccc1. The summed E-state index contributed by atoms with van der Waals surface area (Å²) in [5.41, 5.74) is 14.9. The van der Waals surface area contributed by atoms with Gasteiger partial charge in [-0.2, -0.15) is 0 Å². The first kappa shape index (κ1) is 29.3. The fourth-order valence-electron chi connectivity index (χ4n) is 8.54. The van der Waals surface area contributed by atoms with Crippen LogP contribution in [0, 0.1) is 13.8 Å². The van der Waals surface area contributed by atoms with Crippen LogP contribution in [0.1, 0.15) is 36.1 Å². The third kappa shape index (κ3) is 4.07. The predicted molar refractivity (Wildman–Crippen MR) is 215 cm³/mol. The Labute approximate surface area is 296 Å². The van der Waals surface area contributed by atoms with Gasteiger partial charge in [0.05, 0.1) is 32.8 Å². The zero-order valence-corrected chi connectivity index (χ0v) is 29.5. The average molecular weight is 661 g/mol. The lowest BCUT2D eigenvalue weighted by atomic mass is 9.72. The van der Waals surface area contributed by atoms with Gasteiger partial charge in [-0.3, -0.25) is 0 Å². The maximum Gasteiger partial charge on any atom is 0.0640 e. The first-order valence-electron chi connectivity index (χ1n) is 17.4. The third-order valence-electron chi connectivity index (χ3n) is 11.0. The first-order valence-corrected chi connectivity index (χ1v) is 18.3. The summed E-state index contributed by atoms with van der Waals surface area (Å²) in [5.74, 6) is 0. The standard InChI is InChI=1S/C47H36N2S/c1-29-15-8-9-18-32(29)36-27-43-38(25-30(36)2)47(3,4)39-26-37-33-19-10-12-22-40(33)49(42(37)28-44(39)48(43)31-16-6-5-7-17-31)41-23-14-21-35-34-20-11-13-24-45(34)50-46(35)41/h5-28H,1-4H3. The van der Waals surface area contributed by atoms with Crippen LogP contribution in [-0.2, 0) is 5.41 Å². The minimum Gasteiger partial charge on any atom is -0.310 e. The van der Waals surface area contributed by atoms with Crippen molar-refractivity contribution in [2.45, 2.75) is 33.1 Å². The monoisotopic (exact) mass is 660 g/mol. The second-order valence-corrected chi connectivity index (χ2v) is 15.3. The molecule has 3 heteroatoms. The summed E-state index contributed by atoms with van der Waals surface area (Å²) in [6.45, 7) is 9.30. The zero-order valence-electron chi connectivity index (χ0n) is 28.7. The molecular weight excluding hydrogens is 625 g/mol. The second-order valence-electron chi connectivity index (χ2n) is 14.3. The molecule has 240 valence electrons. The Morgan fingerprint density at radius 1 is 0.480 bits per heavy atom. The van der Waals surface area contributed by atoms with Gasteiger partial charge in [0.15, 0.2) is 0 Å². The van der Waals surface area contributed by atoms with Crippen LogP contribution in [0.25, 0.3) is 58.8 Å². The molecule has 9 aromatic rings. The number of rotatable bonds is 3. The van der Waals surface area contributed by atoms with E-state index in [0.29, 0.717) is 0 Å². The highest BCUT2D eigenvalue weighted by atomic mass is 32.1. The largest absolute Gasteiger partial charge is 0.310 e. The van der Waals surface area contributed by atoms with Gasteiger partial charge in [0, 0.05) is 37.3 Å². The first-order chi connectivity index (χ1) is 24.4. The number of para-hydroxylation sites is 2. The predicted octanol–water partition coefficient (Wildman–Crippen LogP) is 13.5. The molecule has 7 aromatic carbocycles. The van der Waals surface area contributed by atoms with Crippen LogP contribution in [0.15, 0.2) is 146 Å². The lowest BCUT2D eigenvalue weighted by Gasteiger charge is -2.43. The molecule has 10 rings (SSSR count). The third-order valence-corrected chi connectivity index (χ3v) is 12.2. The molecule has 1 aliphatic heterocycles. The van der Waals surface area contributed by atoms with Crippen molar-refractivity contribution in [1.82, 2.24) is 4.57 Å². The molecule has 50 heavy (non-hydrogen) atoms. The van der Waals surface area contributed by atoms with Gasteiger partial charge in [-0.05, 0) is 95.8 Å². The van der Waals surface area contributed by atoms with E-state index in [9.17, 15) is 0 Å². The number of thiophene rings is 1. The molecule has 0 N–H and O–H groups in total. The Balaban J connectivity index is 1.31. The van der Waals surface area contributed by atoms with Crippen molar-refractivity contribution in [3.63, 3.8) is 0 Å². The van der Waals surface area contributed by atoms with Crippen LogP contribution in [-0.4, -0.2) is 4.57 Å². The Kier molecular flexibility index (Phi) is 6.26. The summed E-state index contributed by atoms with van der Waals surface area (Å²) in [5, 5.41) is 5.20. The van der Waals surface area contributed by atoms with Gasteiger partial charge < -0.3 is 9.47 Å². The fraction of sp³-hybridized carbons (Fsp3) is 0.106. The highest BCUT2D eigenvalue weighted by molar-refractivity contribution is 7.26. The van der Waals surface area contributed by atoms with Crippen molar-refractivity contribution in [2.75, 3.05) is 4.90 Å². The molecule has 0 fully saturated rings. The van der Waals surface area contributed by atoms with E-state index in [2.05, 4.69) is 183 Å². The lowest BCUT2D eigenvalue weighted by Crippen LogP contribution is -2.31. The van der Waals surface area contributed by atoms with Crippen molar-refractivity contribution in [3.05, 3.63) is 168 Å². The number of aryl methyl sites for hydroxylation is 2. The summed E-state index contributed by atoms with van der Waals surface area (Å²) in [4.78, 5) is 2.51. The van der Waals surface area contributed by atoms with Crippen molar-refractivity contribution in [3.8, 4) is 16.8 Å². The number of anilines is 3. The normalized spacial score (nSPS) is 13.7. The van der Waals surface area contributed by atoms with Crippen molar-refractivity contribution < 1.29 is 0 Å². The van der Waals surface area contributed by atoms with Gasteiger partial charge in [0.2, 0.25) is 0 Å². The Morgan fingerprint density at radius 3 is 2.00 bits per heavy atom. The minimum absolute atomic E-state index is 0.228. The van der Waals surface area contributed by atoms with Gasteiger partial charge >= 0.3 is 0 Å². The average Bonchev–Trinajstić information content (AvgIpc) is 3.68. The topological polar surface area (TPSA) is 8.17 Å². The van der Waals surface area contributed by atoms with Crippen LogP contribution < -0.4 is 4.90 Å². The molecule has 0 saturated carbocycles. The van der Waals surface area contributed by atoms with Crippen LogP contribution in [0.3, 0.4) is 0 Å². The summed E-state index contributed by atoms with van der Waals surface area (Å²) in [7, 11) is 0. The molecule has 0 saturated heterocycles. The van der Waals surface area contributed by atoms with Crippen molar-refractivity contribution in [1.29, 1.82) is 0 Å². The molecule has 0 amide bonds. The van der Waals surface area contributed by atoms with E-state index in [-0.39, 0.29) is 5.41 Å². The zero-order chi connectivity index (χ0) is 33.7. The van der Waals surface area contributed by atoms with E-state index in [1.807, 2.05) is 11.3 Å². The second kappa shape index (κ2) is 10.7. The number of nitrogens with zero attached hydrogens (tertiary/aromatic N) is 2. The van der Waals surface area contributed by atoms with Gasteiger partial charge in [-0.15, -0.1) is 11.3 Å². The number of hydrogen-bond donors (Lipinski definition) is 0. The molecule has 0 unspecified atom stereocenters. The van der Waals surface area contributed by atoms with Crippen molar-refractivity contribution >= 4 is 70.4 Å². The van der Waals surface area contributed by atoms with Crippen LogP contribution in [0.5, 0.6) is 0 Å². The number of benzene rings is 7. The number of aromatic nitrogens is 1. The summed E-state index contributed by atoms with van der Waals surface area (Å²) in [6.07, 6.45) is 0. The molecule has 0 bridgehead atoms. The smallest absolute Gasteiger partial charge is 0.0640 e. The molecule has 0 radical (unpaired) electrons. The molecule has 1 aliphatic rings. The van der Waals surface area contributed by atoms with Gasteiger partial charge in [-0.25, -0.2) is 0 Å². The summed E-state index contributed by atoms with van der Waals surface area (Å²) < 4.78 is 5.15. The van der Waals surface area contributed by atoms with E-state index in [1.54, 1.807) is 0 Å². The van der Waals surface area contributed by atoms with Crippen molar-refractivity contribution in [2.24, 2.45) is 0 Å². The Morgan fingerprint density at radius 2 is 1.16 bits per heavy atom. The highest BCUT2D eigenvalue weighted by Gasteiger charge is 2.38. The van der Waals surface area contributed by atoms with Gasteiger partial charge in [0.1, 0.15) is 0 Å².